The Bertz CT molecular complexity index is 1080. The van der Waals surface area contributed by atoms with Gasteiger partial charge in [0.15, 0.2) is 0 Å². The third kappa shape index (κ3) is 2.16. The lowest BCUT2D eigenvalue weighted by atomic mass is 9.67. The van der Waals surface area contributed by atoms with Crippen LogP contribution in [0.2, 0.25) is 0 Å². The summed E-state index contributed by atoms with van der Waals surface area (Å²) in [5, 5.41) is 0. The molecule has 0 radical (unpaired) electrons. The van der Waals surface area contributed by atoms with Crippen molar-refractivity contribution in [2.45, 2.75) is 19.3 Å². The van der Waals surface area contributed by atoms with Gasteiger partial charge in [0.05, 0.1) is 5.41 Å². The van der Waals surface area contributed by atoms with Crippen LogP contribution in [0.15, 0.2) is 97.1 Å². The lowest BCUT2D eigenvalue weighted by molar-refractivity contribution is 0.767. The first-order valence-electron chi connectivity index (χ1n) is 9.55. The van der Waals surface area contributed by atoms with Gasteiger partial charge in [-0.25, -0.2) is 0 Å². The largest absolute Gasteiger partial charge is 0.0713 e. The van der Waals surface area contributed by atoms with Crippen molar-refractivity contribution in [1.29, 1.82) is 0 Å². The molecule has 0 heterocycles. The number of aryl methyl sites for hydroxylation is 2. The lowest BCUT2D eigenvalue weighted by Gasteiger charge is -2.34. The van der Waals surface area contributed by atoms with Crippen molar-refractivity contribution in [3.05, 3.63) is 130 Å². The van der Waals surface area contributed by atoms with Crippen molar-refractivity contribution >= 4 is 0 Å². The molecule has 0 N–H and O–H groups in total. The van der Waals surface area contributed by atoms with Crippen LogP contribution in [0.1, 0.15) is 33.4 Å². The van der Waals surface area contributed by atoms with Gasteiger partial charge in [-0.3, -0.25) is 0 Å². The van der Waals surface area contributed by atoms with Gasteiger partial charge in [-0.1, -0.05) is 103 Å². The Labute approximate surface area is 161 Å². The van der Waals surface area contributed by atoms with E-state index in [2.05, 4.69) is 111 Å². The zero-order valence-corrected chi connectivity index (χ0v) is 15.7. The minimum Gasteiger partial charge on any atom is -0.0622 e. The van der Waals surface area contributed by atoms with Crippen molar-refractivity contribution < 1.29 is 0 Å². The summed E-state index contributed by atoms with van der Waals surface area (Å²) in [5.41, 5.74) is 10.6. The summed E-state index contributed by atoms with van der Waals surface area (Å²) in [6.07, 6.45) is 0. The molecule has 4 aromatic rings. The fourth-order valence-electron chi connectivity index (χ4n) is 4.83. The second-order valence-electron chi connectivity index (χ2n) is 7.53. The third-order valence-corrected chi connectivity index (χ3v) is 5.94. The van der Waals surface area contributed by atoms with Crippen molar-refractivity contribution in [2.75, 3.05) is 0 Å². The molecule has 0 aromatic heterocycles. The highest BCUT2D eigenvalue weighted by Crippen LogP contribution is 2.56. The Hall–Kier alpha value is -3.12. The standard InChI is InChI=1S/C27H22/c1-19-16-17-23-25(18-19)27(21-11-5-3-6-12-21,22-13-7-4-8-14-22)24-15-9-10-20(2)26(23)24/h3-18H,1-2H3. The topological polar surface area (TPSA) is 0 Å². The van der Waals surface area contributed by atoms with Crippen molar-refractivity contribution in [3.8, 4) is 11.1 Å². The first-order chi connectivity index (χ1) is 13.2. The minimum absolute atomic E-state index is 0.273. The Morgan fingerprint density at radius 3 is 1.81 bits per heavy atom. The zero-order chi connectivity index (χ0) is 18.4. The molecule has 4 aromatic carbocycles. The molecule has 0 heteroatoms. The summed E-state index contributed by atoms with van der Waals surface area (Å²) in [4.78, 5) is 0. The van der Waals surface area contributed by atoms with Crippen LogP contribution in [0.4, 0.5) is 0 Å². The number of hydrogen-bond donors (Lipinski definition) is 0. The molecule has 0 aliphatic heterocycles. The van der Waals surface area contributed by atoms with Crippen molar-refractivity contribution in [2.24, 2.45) is 0 Å². The van der Waals surface area contributed by atoms with Gasteiger partial charge in [0, 0.05) is 0 Å². The molecule has 130 valence electrons. The van der Waals surface area contributed by atoms with Crippen LogP contribution in [0, 0.1) is 13.8 Å². The molecule has 0 fully saturated rings. The van der Waals surface area contributed by atoms with Crippen LogP contribution < -0.4 is 0 Å². The number of rotatable bonds is 2. The molecular weight excluding hydrogens is 324 g/mol. The van der Waals surface area contributed by atoms with Gasteiger partial charge >= 0.3 is 0 Å². The minimum atomic E-state index is -0.273. The summed E-state index contributed by atoms with van der Waals surface area (Å²) in [5.74, 6) is 0. The molecule has 0 amide bonds. The van der Waals surface area contributed by atoms with E-state index in [9.17, 15) is 0 Å². The molecule has 0 nitrogen and oxygen atoms in total. The Morgan fingerprint density at radius 2 is 1.19 bits per heavy atom. The number of hydrogen-bond acceptors (Lipinski definition) is 0. The van der Waals surface area contributed by atoms with Gasteiger partial charge < -0.3 is 0 Å². The highest BCUT2D eigenvalue weighted by atomic mass is 14.5. The lowest BCUT2D eigenvalue weighted by Crippen LogP contribution is -2.28. The normalized spacial score (nSPS) is 13.9. The van der Waals surface area contributed by atoms with Gasteiger partial charge in [0.25, 0.3) is 0 Å². The molecule has 0 atom stereocenters. The third-order valence-electron chi connectivity index (χ3n) is 5.94. The Balaban J connectivity index is 2.01. The highest BCUT2D eigenvalue weighted by Gasteiger charge is 2.46. The maximum Gasteiger partial charge on any atom is 0.0713 e. The predicted octanol–water partition coefficient (Wildman–Crippen LogP) is 6.67. The van der Waals surface area contributed by atoms with Gasteiger partial charge in [-0.15, -0.1) is 0 Å². The van der Waals surface area contributed by atoms with Crippen LogP contribution in [0.5, 0.6) is 0 Å². The summed E-state index contributed by atoms with van der Waals surface area (Å²) >= 11 is 0. The second-order valence-corrected chi connectivity index (χ2v) is 7.53. The monoisotopic (exact) mass is 346 g/mol. The smallest absolute Gasteiger partial charge is 0.0622 e. The Morgan fingerprint density at radius 1 is 0.556 bits per heavy atom. The van der Waals surface area contributed by atoms with Crippen LogP contribution in [-0.2, 0) is 5.41 Å². The summed E-state index contributed by atoms with van der Waals surface area (Å²) < 4.78 is 0. The maximum absolute atomic E-state index is 2.38. The maximum atomic E-state index is 2.38. The Kier molecular flexibility index (Phi) is 3.55. The first kappa shape index (κ1) is 16.1. The predicted molar refractivity (Wildman–Crippen MR) is 113 cm³/mol. The zero-order valence-electron chi connectivity index (χ0n) is 15.7. The summed E-state index contributed by atoms with van der Waals surface area (Å²) in [7, 11) is 0. The van der Waals surface area contributed by atoms with E-state index in [0.29, 0.717) is 0 Å². The van der Waals surface area contributed by atoms with Crippen LogP contribution in [0.25, 0.3) is 11.1 Å². The molecule has 0 saturated carbocycles. The van der Waals surface area contributed by atoms with E-state index in [1.54, 1.807) is 0 Å². The van der Waals surface area contributed by atoms with E-state index in [-0.39, 0.29) is 5.41 Å². The van der Waals surface area contributed by atoms with Crippen LogP contribution in [0.3, 0.4) is 0 Å². The SMILES string of the molecule is Cc1ccc2c(c1)C(c1ccccc1)(c1ccccc1)c1cccc(C)c1-2. The van der Waals surface area contributed by atoms with Crippen molar-refractivity contribution in [3.63, 3.8) is 0 Å². The van der Waals surface area contributed by atoms with E-state index in [4.69, 9.17) is 0 Å². The second kappa shape index (κ2) is 5.96. The van der Waals surface area contributed by atoms with E-state index < -0.39 is 0 Å². The highest BCUT2D eigenvalue weighted by molar-refractivity contribution is 5.88. The van der Waals surface area contributed by atoms with Crippen LogP contribution in [-0.4, -0.2) is 0 Å². The van der Waals surface area contributed by atoms with Gasteiger partial charge in [-0.05, 0) is 52.8 Å². The average Bonchev–Trinajstić information content (AvgIpc) is 3.01. The van der Waals surface area contributed by atoms with Crippen LogP contribution >= 0.6 is 0 Å². The quantitative estimate of drug-likeness (QED) is 0.335. The fourth-order valence-corrected chi connectivity index (χ4v) is 4.83. The summed E-state index contributed by atoms with van der Waals surface area (Å²) in [6, 6.07) is 35.6. The number of benzene rings is 4. The van der Waals surface area contributed by atoms with Crippen molar-refractivity contribution in [1.82, 2.24) is 0 Å². The molecule has 0 unspecified atom stereocenters. The van der Waals surface area contributed by atoms with E-state index in [1.165, 1.54) is 44.5 Å². The summed E-state index contributed by atoms with van der Waals surface area (Å²) in [6.45, 7) is 4.42. The first-order valence-corrected chi connectivity index (χ1v) is 9.55. The molecule has 27 heavy (non-hydrogen) atoms. The average molecular weight is 346 g/mol. The molecule has 1 aliphatic carbocycles. The molecule has 1 aliphatic rings. The van der Waals surface area contributed by atoms with Gasteiger partial charge in [-0.2, -0.15) is 0 Å². The molecular formula is C27H22. The molecule has 0 saturated heterocycles. The molecule has 5 rings (SSSR count). The van der Waals surface area contributed by atoms with E-state index in [0.717, 1.165) is 0 Å². The fraction of sp³-hybridized carbons (Fsp3) is 0.111. The van der Waals surface area contributed by atoms with E-state index in [1.807, 2.05) is 0 Å². The van der Waals surface area contributed by atoms with Gasteiger partial charge in [0.1, 0.15) is 0 Å². The van der Waals surface area contributed by atoms with E-state index >= 15 is 0 Å². The molecule has 0 bridgehead atoms. The van der Waals surface area contributed by atoms with Gasteiger partial charge in [0.2, 0.25) is 0 Å². The molecule has 0 spiro atoms. The number of fused-ring (bicyclic) bond motifs is 3.